The Morgan fingerprint density at radius 1 is 1.14 bits per heavy atom. The maximum atomic E-state index is 12.4. The predicted molar refractivity (Wildman–Crippen MR) is 88.1 cm³/mol. The van der Waals surface area contributed by atoms with Crippen molar-refractivity contribution in [1.29, 1.82) is 0 Å². The van der Waals surface area contributed by atoms with Gasteiger partial charge in [0.1, 0.15) is 10.6 Å². The number of rotatable bonds is 8. The van der Waals surface area contributed by atoms with E-state index in [1.54, 1.807) is 13.0 Å². The van der Waals surface area contributed by atoms with Crippen molar-refractivity contribution in [2.75, 3.05) is 26.7 Å². The average molecular weight is 337 g/mol. The number of sulfonamides is 1. The van der Waals surface area contributed by atoms with Crippen molar-refractivity contribution in [2.24, 2.45) is 0 Å². The monoisotopic (exact) mass is 336 g/mol. The molecule has 1 rings (SSSR count). The van der Waals surface area contributed by atoms with Gasteiger partial charge in [-0.05, 0) is 44.0 Å². The minimum Gasteiger partial charge on any atom is -0.495 e. The molecule has 0 amide bonds. The highest BCUT2D eigenvalue weighted by Crippen LogP contribution is 2.28. The highest BCUT2D eigenvalue weighted by atomic mass is 35.5. The lowest BCUT2D eigenvalue weighted by Gasteiger charge is -2.14. The number of methoxy groups -OCH3 is 1. The van der Waals surface area contributed by atoms with E-state index in [1.807, 2.05) is 13.0 Å². The number of halogens is 1. The summed E-state index contributed by atoms with van der Waals surface area (Å²) in [7, 11) is -2.07. The summed E-state index contributed by atoms with van der Waals surface area (Å²) in [6.45, 7) is 7.61. The summed E-state index contributed by atoms with van der Waals surface area (Å²) in [4.78, 5) is 0.223. The maximum Gasteiger partial charge on any atom is 0.244 e. The number of benzene rings is 1. The summed E-state index contributed by atoms with van der Waals surface area (Å²) in [6.07, 6.45) is 1.03. The van der Waals surface area contributed by atoms with Gasteiger partial charge in [-0.25, -0.2) is 13.1 Å². The molecule has 2 N–H and O–H groups in total. The van der Waals surface area contributed by atoms with Crippen LogP contribution in [0.5, 0.6) is 5.75 Å². The second-order valence-corrected chi connectivity index (χ2v) is 6.46. The molecule has 5 nitrogen and oxygen atoms in total. The topological polar surface area (TPSA) is 67.4 Å². The van der Waals surface area contributed by atoms with Crippen molar-refractivity contribution in [3.05, 3.63) is 23.3 Å². The third-order valence-corrected chi connectivity index (χ3v) is 4.54. The molecule has 122 valence electrons. The van der Waals surface area contributed by atoms with E-state index < -0.39 is 10.0 Å². The smallest absolute Gasteiger partial charge is 0.244 e. The van der Waals surface area contributed by atoms with E-state index in [4.69, 9.17) is 4.74 Å². The van der Waals surface area contributed by atoms with Crippen LogP contribution in [-0.2, 0) is 10.0 Å². The Kier molecular flexibility index (Phi) is 8.89. The van der Waals surface area contributed by atoms with Gasteiger partial charge in [-0.1, -0.05) is 13.0 Å². The normalized spacial score (nSPS) is 11.0. The van der Waals surface area contributed by atoms with Gasteiger partial charge in [-0.3, -0.25) is 0 Å². The second kappa shape index (κ2) is 9.25. The third kappa shape index (κ3) is 5.82. The first-order valence-corrected chi connectivity index (χ1v) is 8.26. The van der Waals surface area contributed by atoms with E-state index in [0.717, 1.165) is 18.5 Å². The highest BCUT2D eigenvalue weighted by molar-refractivity contribution is 7.89. The van der Waals surface area contributed by atoms with Crippen molar-refractivity contribution in [1.82, 2.24) is 10.0 Å². The molecule has 0 aromatic heterocycles. The molecule has 7 heteroatoms. The molecule has 0 heterocycles. The Morgan fingerprint density at radius 3 is 2.38 bits per heavy atom. The summed E-state index contributed by atoms with van der Waals surface area (Å²) in [5.74, 6) is 0.386. The van der Waals surface area contributed by atoms with Gasteiger partial charge in [0.2, 0.25) is 10.0 Å². The Morgan fingerprint density at radius 2 is 1.81 bits per heavy atom. The van der Waals surface area contributed by atoms with Gasteiger partial charge in [-0.2, -0.15) is 0 Å². The van der Waals surface area contributed by atoms with Gasteiger partial charge in [0, 0.05) is 13.1 Å². The first-order chi connectivity index (χ1) is 9.42. The first kappa shape index (κ1) is 20.2. The van der Waals surface area contributed by atoms with Crippen LogP contribution < -0.4 is 14.8 Å². The Bertz CT molecular complexity index is 547. The molecule has 0 radical (unpaired) electrons. The van der Waals surface area contributed by atoms with Crippen LogP contribution in [0.3, 0.4) is 0 Å². The maximum absolute atomic E-state index is 12.4. The molecule has 0 aliphatic heterocycles. The van der Waals surface area contributed by atoms with Gasteiger partial charge in [0.25, 0.3) is 0 Å². The standard InChI is InChI=1S/C14H24N2O3S.ClH/c1-5-6-15-7-8-16-20(17,18)14-12(3)9-11(2)10-13(14)19-4;/h9-10,15-16H,5-8H2,1-4H3;1H. The predicted octanol–water partition coefficient (Wildman–Crippen LogP) is 2.01. The molecular weight excluding hydrogens is 312 g/mol. The fourth-order valence-electron chi connectivity index (χ4n) is 2.06. The lowest BCUT2D eigenvalue weighted by molar-refractivity contribution is 0.401. The van der Waals surface area contributed by atoms with E-state index >= 15 is 0 Å². The van der Waals surface area contributed by atoms with Crippen molar-refractivity contribution in [2.45, 2.75) is 32.1 Å². The van der Waals surface area contributed by atoms with Crippen molar-refractivity contribution in [3.8, 4) is 5.75 Å². The molecule has 0 spiro atoms. The van der Waals surface area contributed by atoms with Crippen LogP contribution in [-0.4, -0.2) is 35.2 Å². The van der Waals surface area contributed by atoms with Crippen LogP contribution in [0.4, 0.5) is 0 Å². The Labute approximate surface area is 133 Å². The van der Waals surface area contributed by atoms with E-state index in [-0.39, 0.29) is 17.3 Å². The summed E-state index contributed by atoms with van der Waals surface area (Å²) < 4.78 is 32.5. The SMILES string of the molecule is CCCNCCNS(=O)(=O)c1c(C)cc(C)cc1OC.Cl. The zero-order valence-electron chi connectivity index (χ0n) is 13.0. The van der Waals surface area contributed by atoms with Crippen LogP contribution in [0.2, 0.25) is 0 Å². The summed E-state index contributed by atoms with van der Waals surface area (Å²) in [5, 5.41) is 3.15. The first-order valence-electron chi connectivity index (χ1n) is 6.78. The zero-order chi connectivity index (χ0) is 15.2. The quantitative estimate of drug-likeness (QED) is 0.713. The molecule has 0 aliphatic carbocycles. The van der Waals surface area contributed by atoms with E-state index in [1.165, 1.54) is 7.11 Å². The molecule has 0 unspecified atom stereocenters. The molecule has 1 aromatic carbocycles. The van der Waals surface area contributed by atoms with Crippen LogP contribution in [0.25, 0.3) is 0 Å². The number of hydrogen-bond donors (Lipinski definition) is 2. The van der Waals surface area contributed by atoms with Crippen LogP contribution in [0, 0.1) is 13.8 Å². The van der Waals surface area contributed by atoms with E-state index in [0.29, 0.717) is 24.4 Å². The number of hydrogen-bond acceptors (Lipinski definition) is 4. The average Bonchev–Trinajstić information content (AvgIpc) is 2.36. The minimum absolute atomic E-state index is 0. The van der Waals surface area contributed by atoms with Gasteiger partial charge in [-0.15, -0.1) is 12.4 Å². The number of aryl methyl sites for hydroxylation is 2. The van der Waals surface area contributed by atoms with Crippen molar-refractivity contribution >= 4 is 22.4 Å². The molecule has 0 fully saturated rings. The van der Waals surface area contributed by atoms with Gasteiger partial charge >= 0.3 is 0 Å². The molecular formula is C14H25ClN2O3S. The molecule has 1 aromatic rings. The van der Waals surface area contributed by atoms with Crippen LogP contribution in [0.15, 0.2) is 17.0 Å². The zero-order valence-corrected chi connectivity index (χ0v) is 14.7. The lowest BCUT2D eigenvalue weighted by Crippen LogP contribution is -2.32. The molecule has 0 bridgehead atoms. The summed E-state index contributed by atoms with van der Waals surface area (Å²) >= 11 is 0. The van der Waals surface area contributed by atoms with Crippen molar-refractivity contribution < 1.29 is 13.2 Å². The largest absolute Gasteiger partial charge is 0.495 e. The fraction of sp³-hybridized carbons (Fsp3) is 0.571. The van der Waals surface area contributed by atoms with Crippen LogP contribution in [0.1, 0.15) is 24.5 Å². The fourth-order valence-corrected chi connectivity index (χ4v) is 3.46. The van der Waals surface area contributed by atoms with Crippen LogP contribution >= 0.6 is 12.4 Å². The molecule has 0 saturated carbocycles. The number of nitrogens with one attached hydrogen (secondary N) is 2. The van der Waals surface area contributed by atoms with E-state index in [9.17, 15) is 8.42 Å². The van der Waals surface area contributed by atoms with E-state index in [2.05, 4.69) is 17.0 Å². The highest BCUT2D eigenvalue weighted by Gasteiger charge is 2.21. The Balaban J connectivity index is 0.00000400. The summed E-state index contributed by atoms with van der Waals surface area (Å²) in [6, 6.07) is 3.57. The summed E-state index contributed by atoms with van der Waals surface area (Å²) in [5.41, 5.74) is 1.67. The minimum atomic E-state index is -3.55. The molecule has 0 saturated heterocycles. The Hall–Kier alpha value is -0.820. The molecule has 0 atom stereocenters. The molecule has 21 heavy (non-hydrogen) atoms. The third-order valence-electron chi connectivity index (χ3n) is 2.89. The number of ether oxygens (including phenoxy) is 1. The van der Waals surface area contributed by atoms with Crippen molar-refractivity contribution in [3.63, 3.8) is 0 Å². The van der Waals surface area contributed by atoms with Gasteiger partial charge in [0.05, 0.1) is 7.11 Å². The second-order valence-electron chi connectivity index (χ2n) is 4.76. The van der Waals surface area contributed by atoms with Gasteiger partial charge in [0.15, 0.2) is 0 Å². The van der Waals surface area contributed by atoms with Gasteiger partial charge < -0.3 is 10.1 Å². The lowest BCUT2D eigenvalue weighted by atomic mass is 10.1. The molecule has 0 aliphatic rings.